The van der Waals surface area contributed by atoms with Gasteiger partial charge in [-0.1, -0.05) is 11.6 Å². The van der Waals surface area contributed by atoms with E-state index in [0.29, 0.717) is 47.5 Å². The maximum absolute atomic E-state index is 6.31. The molecule has 2 aromatic rings. The van der Waals surface area contributed by atoms with Gasteiger partial charge >= 0.3 is 0 Å². The van der Waals surface area contributed by atoms with Gasteiger partial charge in [0.1, 0.15) is 10.7 Å². The van der Waals surface area contributed by atoms with Gasteiger partial charge in [0.25, 0.3) is 5.88 Å². The van der Waals surface area contributed by atoms with Crippen molar-refractivity contribution in [3.8, 4) is 5.88 Å². The number of anilines is 3. The number of hydrogen-bond acceptors (Lipinski definition) is 8. The van der Waals surface area contributed by atoms with Crippen LogP contribution < -0.4 is 15.4 Å². The molecular weight excluding hydrogens is 454 g/mol. The van der Waals surface area contributed by atoms with Crippen molar-refractivity contribution in [2.75, 3.05) is 36.9 Å². The molecule has 9 nitrogen and oxygen atoms in total. The van der Waals surface area contributed by atoms with E-state index in [9.17, 15) is 0 Å². The van der Waals surface area contributed by atoms with E-state index in [0.717, 1.165) is 49.7 Å². The van der Waals surface area contributed by atoms with Gasteiger partial charge in [-0.05, 0) is 51.9 Å². The number of rotatable bonds is 2. The van der Waals surface area contributed by atoms with E-state index in [1.807, 2.05) is 0 Å². The number of fused-ring (bicyclic) bond motifs is 5. The lowest BCUT2D eigenvalue weighted by molar-refractivity contribution is 0.0506. The van der Waals surface area contributed by atoms with Gasteiger partial charge in [-0.15, -0.1) is 5.10 Å². The first-order valence-corrected chi connectivity index (χ1v) is 13.0. The molecule has 0 spiro atoms. The summed E-state index contributed by atoms with van der Waals surface area (Å²) in [6, 6.07) is 1.21. The lowest BCUT2D eigenvalue weighted by atomic mass is 9.88. The maximum atomic E-state index is 6.31. The van der Waals surface area contributed by atoms with Crippen LogP contribution in [0.4, 0.5) is 17.5 Å². The Kier molecular flexibility index (Phi) is 6.03. The van der Waals surface area contributed by atoms with Crippen LogP contribution in [0.3, 0.4) is 0 Å². The summed E-state index contributed by atoms with van der Waals surface area (Å²) in [7, 11) is 0. The smallest absolute Gasteiger partial charge is 0.257 e. The largest absolute Gasteiger partial charge is 0.475 e. The predicted molar refractivity (Wildman–Crippen MR) is 131 cm³/mol. The minimum Gasteiger partial charge on any atom is -0.475 e. The number of nitrogens with one attached hydrogen (secondary N) is 2. The number of hydrogen-bond donors (Lipinski definition) is 2. The molecule has 4 bridgehead atoms. The molecule has 3 fully saturated rings. The van der Waals surface area contributed by atoms with Gasteiger partial charge in [-0.2, -0.15) is 4.98 Å². The van der Waals surface area contributed by atoms with Crippen LogP contribution in [0.2, 0.25) is 5.02 Å². The molecule has 0 aromatic carbocycles. The third-order valence-electron chi connectivity index (χ3n) is 7.89. The van der Waals surface area contributed by atoms with Crippen LogP contribution in [0.25, 0.3) is 0 Å². The molecule has 6 rings (SSSR count). The van der Waals surface area contributed by atoms with Gasteiger partial charge in [0.05, 0.1) is 37.3 Å². The molecular formula is C24H34ClN7O2. The highest BCUT2D eigenvalue weighted by atomic mass is 35.5. The van der Waals surface area contributed by atoms with E-state index in [2.05, 4.69) is 44.0 Å². The molecule has 0 amide bonds. The first-order valence-electron chi connectivity index (χ1n) is 12.7. The van der Waals surface area contributed by atoms with E-state index in [-0.39, 0.29) is 6.04 Å². The molecule has 1 saturated carbocycles. The quantitative estimate of drug-likeness (QED) is 0.652. The van der Waals surface area contributed by atoms with Crippen LogP contribution in [0, 0.1) is 12.8 Å². The van der Waals surface area contributed by atoms with Crippen LogP contribution in [0.1, 0.15) is 57.2 Å². The third kappa shape index (κ3) is 4.33. The number of likely N-dealkylation sites (tertiary alicyclic amines) is 1. The van der Waals surface area contributed by atoms with E-state index >= 15 is 0 Å². The molecule has 2 aromatic heterocycles. The fourth-order valence-corrected chi connectivity index (χ4v) is 6.18. The van der Waals surface area contributed by atoms with Crippen molar-refractivity contribution in [2.45, 2.75) is 76.6 Å². The van der Waals surface area contributed by atoms with Crippen LogP contribution in [0.15, 0.2) is 6.20 Å². The van der Waals surface area contributed by atoms with E-state index < -0.39 is 0 Å². The summed E-state index contributed by atoms with van der Waals surface area (Å²) in [4.78, 5) is 11.7. The molecule has 184 valence electrons. The first-order chi connectivity index (χ1) is 16.5. The van der Waals surface area contributed by atoms with Gasteiger partial charge in [0.15, 0.2) is 5.82 Å². The highest BCUT2D eigenvalue weighted by molar-refractivity contribution is 6.32. The van der Waals surface area contributed by atoms with E-state index in [4.69, 9.17) is 26.2 Å². The maximum Gasteiger partial charge on any atom is 0.257 e. The summed E-state index contributed by atoms with van der Waals surface area (Å²) in [5.74, 6) is 2.48. The zero-order chi connectivity index (χ0) is 23.2. The van der Waals surface area contributed by atoms with Gasteiger partial charge in [0.2, 0.25) is 5.95 Å². The fraction of sp³-hybridized carbons (Fsp3) is 0.708. The van der Waals surface area contributed by atoms with Gasteiger partial charge in [-0.3, -0.25) is 9.58 Å². The van der Waals surface area contributed by atoms with Crippen molar-refractivity contribution in [1.29, 1.82) is 0 Å². The topological polar surface area (TPSA) is 89.4 Å². The Labute approximate surface area is 205 Å². The Hall–Kier alpha value is -2.10. The summed E-state index contributed by atoms with van der Waals surface area (Å²) in [6.07, 6.45) is 8.81. The van der Waals surface area contributed by atoms with E-state index in [1.165, 1.54) is 25.8 Å². The highest BCUT2D eigenvalue weighted by Crippen LogP contribution is 2.39. The molecule has 34 heavy (non-hydrogen) atoms. The first kappa shape index (κ1) is 22.4. The minimum atomic E-state index is 0.163. The molecule has 0 radical (unpaired) electrons. The Morgan fingerprint density at radius 3 is 2.76 bits per heavy atom. The molecule has 4 aliphatic rings. The van der Waals surface area contributed by atoms with Crippen LogP contribution in [-0.2, 0) is 4.74 Å². The zero-order valence-electron chi connectivity index (χ0n) is 20.0. The Balaban J connectivity index is 1.20. The summed E-state index contributed by atoms with van der Waals surface area (Å²) >= 11 is 6.31. The Morgan fingerprint density at radius 1 is 1.12 bits per heavy atom. The fourth-order valence-electron chi connectivity index (χ4n) is 6.04. The third-order valence-corrected chi connectivity index (χ3v) is 8.17. The summed E-state index contributed by atoms with van der Waals surface area (Å²) < 4.78 is 14.2. The Morgan fingerprint density at radius 2 is 1.94 bits per heavy atom. The molecule has 5 heterocycles. The number of nitrogens with zero attached hydrogens (tertiary/aromatic N) is 5. The SMILES string of the molecule is Cc1c2c(nn1C1CCC(N3CC4CO[C@H](C4)C3)CC1)OCCC(C)Nc1nc(ncc1Cl)N2. The van der Waals surface area contributed by atoms with Crippen LogP contribution >= 0.6 is 11.6 Å². The number of piperidine rings is 1. The monoisotopic (exact) mass is 487 g/mol. The van der Waals surface area contributed by atoms with Crippen molar-refractivity contribution in [2.24, 2.45) is 5.92 Å². The molecule has 2 N–H and O–H groups in total. The molecule has 2 unspecified atom stereocenters. The van der Waals surface area contributed by atoms with Crippen LogP contribution in [0.5, 0.6) is 5.88 Å². The lowest BCUT2D eigenvalue weighted by Gasteiger charge is -2.40. The number of halogens is 1. The summed E-state index contributed by atoms with van der Waals surface area (Å²) in [5, 5.41) is 12.1. The van der Waals surface area contributed by atoms with Crippen molar-refractivity contribution >= 4 is 29.1 Å². The van der Waals surface area contributed by atoms with Gasteiger partial charge in [-0.25, -0.2) is 4.98 Å². The minimum absolute atomic E-state index is 0.163. The molecule has 1 aliphatic carbocycles. The van der Waals surface area contributed by atoms with Gasteiger partial charge in [0, 0.05) is 31.6 Å². The summed E-state index contributed by atoms with van der Waals surface area (Å²) in [5.41, 5.74) is 1.90. The van der Waals surface area contributed by atoms with Gasteiger partial charge < -0.3 is 20.1 Å². The normalized spacial score (nSPS) is 31.6. The molecule has 10 heteroatoms. The van der Waals surface area contributed by atoms with E-state index in [1.54, 1.807) is 6.20 Å². The van der Waals surface area contributed by atoms with Crippen molar-refractivity contribution in [3.63, 3.8) is 0 Å². The number of ether oxygens (including phenoxy) is 2. The van der Waals surface area contributed by atoms with Crippen LogP contribution in [-0.4, -0.2) is 69.1 Å². The second-order valence-corrected chi connectivity index (χ2v) is 10.8. The predicted octanol–water partition coefficient (Wildman–Crippen LogP) is 4.17. The Bertz CT molecular complexity index is 1030. The standard InChI is InChI=1S/C24H34ClN7O2/c1-14-7-8-33-23-21(28-24-26-10-20(25)22(27-14)29-24)15(2)32(30-23)18-5-3-17(4-6-18)31-11-16-9-19(12-31)34-13-16/h10,14,16-19H,3-9,11-13H2,1-2H3,(H2,26,27,28,29)/t14?,16?,17?,18?,19-/m1/s1. The zero-order valence-corrected chi connectivity index (χ0v) is 20.7. The number of aromatic nitrogens is 4. The average molecular weight is 488 g/mol. The molecule has 3 atom stereocenters. The van der Waals surface area contributed by atoms with Crippen molar-refractivity contribution in [3.05, 3.63) is 16.9 Å². The average Bonchev–Trinajstić information content (AvgIpc) is 3.33. The summed E-state index contributed by atoms with van der Waals surface area (Å²) in [6.45, 7) is 8.02. The molecule has 3 aliphatic heterocycles. The van der Waals surface area contributed by atoms with Crippen molar-refractivity contribution < 1.29 is 9.47 Å². The molecule has 2 saturated heterocycles. The second-order valence-electron chi connectivity index (χ2n) is 10.4. The van der Waals surface area contributed by atoms with Crippen molar-refractivity contribution in [1.82, 2.24) is 24.6 Å². The highest BCUT2D eigenvalue weighted by Gasteiger charge is 2.38. The second kappa shape index (κ2) is 9.17. The lowest BCUT2D eigenvalue weighted by Crippen LogP contribution is -2.46.